The summed E-state index contributed by atoms with van der Waals surface area (Å²) in [6, 6.07) is 7.83. The molecular weight excluding hydrogens is 263 g/mol. The minimum Gasteiger partial charge on any atom is -0.376 e. The molecule has 0 radical (unpaired) electrons. The summed E-state index contributed by atoms with van der Waals surface area (Å²) >= 11 is 0. The third kappa shape index (κ3) is 2.79. The minimum absolute atomic E-state index is 0.0450. The number of halogens is 3. The first kappa shape index (κ1) is 14.4. The molecule has 20 heavy (non-hydrogen) atoms. The monoisotopic (exact) mass is 279 g/mol. The van der Waals surface area contributed by atoms with Gasteiger partial charge < -0.3 is 5.32 Å². The zero-order valence-electron chi connectivity index (χ0n) is 11.6. The van der Waals surface area contributed by atoms with Gasteiger partial charge in [0.25, 0.3) is 0 Å². The Labute approximate surface area is 116 Å². The lowest BCUT2D eigenvalue weighted by Gasteiger charge is -2.19. The Bertz CT molecular complexity index is 638. The molecule has 0 bridgehead atoms. The van der Waals surface area contributed by atoms with Crippen LogP contribution in [0.1, 0.15) is 29.7 Å². The highest BCUT2D eigenvalue weighted by Gasteiger charge is 2.16. The van der Waals surface area contributed by atoms with E-state index < -0.39 is 17.5 Å². The van der Waals surface area contributed by atoms with Crippen molar-refractivity contribution in [3.05, 3.63) is 64.5 Å². The van der Waals surface area contributed by atoms with Crippen molar-refractivity contribution < 1.29 is 13.2 Å². The van der Waals surface area contributed by atoms with Crippen LogP contribution in [-0.2, 0) is 0 Å². The van der Waals surface area contributed by atoms with Crippen LogP contribution in [0.15, 0.2) is 30.3 Å². The fourth-order valence-corrected chi connectivity index (χ4v) is 2.26. The maximum Gasteiger partial charge on any atom is 0.196 e. The minimum atomic E-state index is -1.46. The van der Waals surface area contributed by atoms with Crippen molar-refractivity contribution in [1.29, 1.82) is 0 Å². The second-order valence-corrected chi connectivity index (χ2v) is 4.95. The molecule has 1 unspecified atom stereocenters. The fraction of sp³-hybridized carbons (Fsp3) is 0.250. The van der Waals surface area contributed by atoms with Crippen LogP contribution < -0.4 is 5.32 Å². The third-order valence-corrected chi connectivity index (χ3v) is 3.30. The summed E-state index contributed by atoms with van der Waals surface area (Å²) in [4.78, 5) is 0. The van der Waals surface area contributed by atoms with Crippen LogP contribution in [-0.4, -0.2) is 0 Å². The Morgan fingerprint density at radius 1 is 0.950 bits per heavy atom. The molecule has 106 valence electrons. The highest BCUT2D eigenvalue weighted by atomic mass is 19.2. The summed E-state index contributed by atoms with van der Waals surface area (Å²) in [5, 5.41) is 2.87. The van der Waals surface area contributed by atoms with Crippen LogP contribution in [0.5, 0.6) is 0 Å². The molecule has 0 aliphatic carbocycles. The number of benzene rings is 2. The lowest BCUT2D eigenvalue weighted by atomic mass is 10.00. The molecule has 0 saturated heterocycles. The van der Waals surface area contributed by atoms with Crippen molar-refractivity contribution in [1.82, 2.24) is 0 Å². The summed E-state index contributed by atoms with van der Waals surface area (Å²) in [7, 11) is 0. The maximum absolute atomic E-state index is 13.6. The van der Waals surface area contributed by atoms with E-state index in [0.29, 0.717) is 0 Å². The number of hydrogen-bond donors (Lipinski definition) is 1. The Morgan fingerprint density at radius 2 is 1.65 bits per heavy atom. The van der Waals surface area contributed by atoms with E-state index >= 15 is 0 Å². The van der Waals surface area contributed by atoms with Gasteiger partial charge in [0.1, 0.15) is 0 Å². The standard InChI is InChI=1S/C16H16F3N/c1-9-4-5-12(10(2)8-9)11(3)20-14-7-6-13(17)15(18)16(14)19/h4-8,11,20H,1-3H3. The van der Waals surface area contributed by atoms with Gasteiger partial charge in [0, 0.05) is 6.04 Å². The van der Waals surface area contributed by atoms with Crippen molar-refractivity contribution in [2.75, 3.05) is 5.32 Å². The molecule has 1 atom stereocenters. The van der Waals surface area contributed by atoms with E-state index in [9.17, 15) is 13.2 Å². The molecule has 0 aliphatic heterocycles. The van der Waals surface area contributed by atoms with Crippen LogP contribution in [0.25, 0.3) is 0 Å². The van der Waals surface area contributed by atoms with Crippen LogP contribution >= 0.6 is 0 Å². The number of rotatable bonds is 3. The molecule has 4 heteroatoms. The molecule has 0 amide bonds. The maximum atomic E-state index is 13.6. The van der Waals surface area contributed by atoms with Gasteiger partial charge in [0.15, 0.2) is 17.5 Å². The average Bonchev–Trinajstić information content (AvgIpc) is 2.39. The van der Waals surface area contributed by atoms with Gasteiger partial charge in [-0.1, -0.05) is 23.8 Å². The molecular formula is C16H16F3N. The van der Waals surface area contributed by atoms with E-state index in [1.807, 2.05) is 39.0 Å². The van der Waals surface area contributed by atoms with Crippen molar-refractivity contribution in [2.45, 2.75) is 26.8 Å². The summed E-state index contributed by atoms with van der Waals surface area (Å²) in [5.74, 6) is -3.84. The fourth-order valence-electron chi connectivity index (χ4n) is 2.26. The molecule has 0 aliphatic rings. The van der Waals surface area contributed by atoms with Crippen LogP contribution in [0.4, 0.5) is 18.9 Å². The quantitative estimate of drug-likeness (QED) is 0.788. The van der Waals surface area contributed by atoms with Gasteiger partial charge in [-0.2, -0.15) is 0 Å². The van der Waals surface area contributed by atoms with Crippen molar-refractivity contribution in [3.8, 4) is 0 Å². The Morgan fingerprint density at radius 3 is 2.30 bits per heavy atom. The molecule has 2 aromatic rings. The molecule has 2 aromatic carbocycles. The SMILES string of the molecule is Cc1ccc(C(C)Nc2ccc(F)c(F)c2F)c(C)c1. The first-order valence-electron chi connectivity index (χ1n) is 6.37. The van der Waals surface area contributed by atoms with Crippen LogP contribution in [0, 0.1) is 31.3 Å². The van der Waals surface area contributed by atoms with E-state index in [1.54, 1.807) is 0 Å². The van der Waals surface area contributed by atoms with E-state index in [0.717, 1.165) is 22.8 Å². The van der Waals surface area contributed by atoms with Gasteiger partial charge in [-0.05, 0) is 44.0 Å². The number of nitrogens with one attached hydrogen (secondary N) is 1. The molecule has 0 aromatic heterocycles. The zero-order valence-corrected chi connectivity index (χ0v) is 11.6. The molecule has 0 spiro atoms. The summed E-state index contributed by atoms with van der Waals surface area (Å²) < 4.78 is 39.7. The van der Waals surface area contributed by atoms with Gasteiger partial charge in [-0.15, -0.1) is 0 Å². The highest BCUT2D eigenvalue weighted by molar-refractivity contribution is 5.48. The topological polar surface area (TPSA) is 12.0 Å². The van der Waals surface area contributed by atoms with Crippen molar-refractivity contribution in [3.63, 3.8) is 0 Å². The molecule has 0 fully saturated rings. The Hall–Kier alpha value is -1.97. The Kier molecular flexibility index (Phi) is 4.02. The predicted octanol–water partition coefficient (Wildman–Crippen LogP) is 4.89. The third-order valence-electron chi connectivity index (χ3n) is 3.30. The largest absolute Gasteiger partial charge is 0.376 e. The van der Waals surface area contributed by atoms with E-state index in [1.165, 1.54) is 6.07 Å². The summed E-state index contributed by atoms with van der Waals surface area (Å²) in [6.07, 6.45) is 0. The van der Waals surface area contributed by atoms with E-state index in [4.69, 9.17) is 0 Å². The number of anilines is 1. The second kappa shape index (κ2) is 5.57. The van der Waals surface area contributed by atoms with Gasteiger partial charge in [-0.3, -0.25) is 0 Å². The number of aryl methyl sites for hydroxylation is 2. The smallest absolute Gasteiger partial charge is 0.196 e. The van der Waals surface area contributed by atoms with Crippen LogP contribution in [0.2, 0.25) is 0 Å². The van der Waals surface area contributed by atoms with Gasteiger partial charge >= 0.3 is 0 Å². The van der Waals surface area contributed by atoms with E-state index in [2.05, 4.69) is 5.32 Å². The Balaban J connectivity index is 2.28. The summed E-state index contributed by atoms with van der Waals surface area (Å²) in [5.41, 5.74) is 3.14. The molecule has 1 N–H and O–H groups in total. The molecule has 1 nitrogen and oxygen atoms in total. The zero-order chi connectivity index (χ0) is 14.9. The molecule has 2 rings (SSSR count). The molecule has 0 saturated carbocycles. The molecule has 0 heterocycles. The first-order valence-corrected chi connectivity index (χ1v) is 6.37. The normalized spacial score (nSPS) is 12.3. The average molecular weight is 279 g/mol. The van der Waals surface area contributed by atoms with Crippen molar-refractivity contribution in [2.24, 2.45) is 0 Å². The van der Waals surface area contributed by atoms with Crippen molar-refractivity contribution >= 4 is 5.69 Å². The van der Waals surface area contributed by atoms with Gasteiger partial charge in [-0.25, -0.2) is 13.2 Å². The van der Waals surface area contributed by atoms with Crippen LogP contribution in [0.3, 0.4) is 0 Å². The first-order chi connectivity index (χ1) is 9.40. The van der Waals surface area contributed by atoms with Gasteiger partial charge in [0.2, 0.25) is 0 Å². The summed E-state index contributed by atoms with van der Waals surface area (Å²) in [6.45, 7) is 5.80. The second-order valence-electron chi connectivity index (χ2n) is 4.95. The van der Waals surface area contributed by atoms with Gasteiger partial charge in [0.05, 0.1) is 5.69 Å². The predicted molar refractivity (Wildman–Crippen MR) is 74.3 cm³/mol. The lowest BCUT2D eigenvalue weighted by Crippen LogP contribution is -2.10. The highest BCUT2D eigenvalue weighted by Crippen LogP contribution is 2.26. The lowest BCUT2D eigenvalue weighted by molar-refractivity contribution is 0.448. The number of hydrogen-bond acceptors (Lipinski definition) is 1. The van der Waals surface area contributed by atoms with E-state index in [-0.39, 0.29) is 11.7 Å².